The van der Waals surface area contributed by atoms with Crippen molar-refractivity contribution in [3.8, 4) is 6.07 Å². The fourth-order valence-electron chi connectivity index (χ4n) is 3.07. The van der Waals surface area contributed by atoms with Crippen LogP contribution in [0.15, 0.2) is 42.0 Å². The predicted octanol–water partition coefficient (Wildman–Crippen LogP) is 4.33. The number of nitriles is 1. The molecule has 3 nitrogen and oxygen atoms in total. The molecule has 0 amide bonds. The first kappa shape index (κ1) is 15.3. The van der Waals surface area contributed by atoms with Crippen molar-refractivity contribution in [1.82, 2.24) is 0 Å². The summed E-state index contributed by atoms with van der Waals surface area (Å²) < 4.78 is 0. The molecular formula is C20H20N2O. The Hall–Kier alpha value is -2.60. The van der Waals surface area contributed by atoms with E-state index >= 15 is 0 Å². The zero-order valence-electron chi connectivity index (χ0n) is 13.4. The Morgan fingerprint density at radius 2 is 1.78 bits per heavy atom. The summed E-state index contributed by atoms with van der Waals surface area (Å²) in [5.41, 5.74) is 2.35. The minimum atomic E-state index is -0.201. The summed E-state index contributed by atoms with van der Waals surface area (Å²) in [5, 5.41) is 11.3. The van der Waals surface area contributed by atoms with Crippen LogP contribution in [0.1, 0.15) is 31.7 Å². The number of ketones is 1. The number of piperidine rings is 1. The maximum Gasteiger partial charge on any atom is 0.170 e. The lowest BCUT2D eigenvalue weighted by Crippen LogP contribution is -2.29. The Morgan fingerprint density at radius 1 is 1.09 bits per heavy atom. The van der Waals surface area contributed by atoms with Gasteiger partial charge in [-0.3, -0.25) is 4.79 Å². The zero-order valence-corrected chi connectivity index (χ0v) is 13.4. The van der Waals surface area contributed by atoms with Gasteiger partial charge < -0.3 is 4.90 Å². The van der Waals surface area contributed by atoms with Gasteiger partial charge in [0, 0.05) is 18.8 Å². The van der Waals surface area contributed by atoms with Gasteiger partial charge in [-0.05, 0) is 66.8 Å². The molecule has 3 rings (SSSR count). The molecule has 0 N–H and O–H groups in total. The molecule has 1 aliphatic heterocycles. The highest BCUT2D eigenvalue weighted by atomic mass is 16.1. The minimum absolute atomic E-state index is 0.189. The second-order valence-corrected chi connectivity index (χ2v) is 6.06. The van der Waals surface area contributed by atoms with Crippen LogP contribution in [0, 0.1) is 11.3 Å². The molecule has 1 fully saturated rings. The van der Waals surface area contributed by atoms with Crippen LogP contribution < -0.4 is 4.90 Å². The van der Waals surface area contributed by atoms with Gasteiger partial charge in [0.1, 0.15) is 6.07 Å². The molecule has 2 aromatic rings. The lowest BCUT2D eigenvalue weighted by molar-refractivity contribution is -0.113. The summed E-state index contributed by atoms with van der Waals surface area (Å²) in [4.78, 5) is 13.8. The van der Waals surface area contributed by atoms with Gasteiger partial charge in [-0.25, -0.2) is 0 Å². The maximum absolute atomic E-state index is 11.4. The van der Waals surface area contributed by atoms with Crippen molar-refractivity contribution in [2.45, 2.75) is 26.2 Å². The van der Waals surface area contributed by atoms with Crippen LogP contribution in [0.25, 0.3) is 16.8 Å². The smallest absolute Gasteiger partial charge is 0.170 e. The van der Waals surface area contributed by atoms with Gasteiger partial charge in [0.05, 0.1) is 5.57 Å². The van der Waals surface area contributed by atoms with Gasteiger partial charge in [0.15, 0.2) is 5.78 Å². The highest BCUT2D eigenvalue weighted by Gasteiger charge is 2.11. The van der Waals surface area contributed by atoms with Crippen LogP contribution in [0.4, 0.5) is 5.69 Å². The Labute approximate surface area is 136 Å². The second kappa shape index (κ2) is 6.66. The van der Waals surface area contributed by atoms with E-state index in [1.54, 1.807) is 6.08 Å². The molecule has 0 bridgehead atoms. The highest BCUT2D eigenvalue weighted by Crippen LogP contribution is 2.26. The van der Waals surface area contributed by atoms with Gasteiger partial charge in [-0.2, -0.15) is 5.26 Å². The van der Waals surface area contributed by atoms with E-state index in [0.717, 1.165) is 24.0 Å². The van der Waals surface area contributed by atoms with E-state index in [2.05, 4.69) is 29.2 Å². The number of allylic oxidation sites excluding steroid dienone is 1. The number of Topliss-reactive ketones (excluding diaryl/α,β-unsaturated/α-hetero) is 1. The number of benzene rings is 2. The molecule has 0 aliphatic carbocycles. The quantitative estimate of drug-likeness (QED) is 0.626. The molecule has 1 heterocycles. The maximum atomic E-state index is 11.4. The number of rotatable bonds is 3. The second-order valence-electron chi connectivity index (χ2n) is 6.06. The highest BCUT2D eigenvalue weighted by molar-refractivity contribution is 6.02. The number of carbonyl (C=O) groups excluding carboxylic acids is 1. The van der Waals surface area contributed by atoms with Crippen molar-refractivity contribution in [1.29, 1.82) is 5.26 Å². The molecule has 0 unspecified atom stereocenters. The van der Waals surface area contributed by atoms with Crippen LogP contribution in [0.3, 0.4) is 0 Å². The van der Waals surface area contributed by atoms with E-state index in [1.165, 1.54) is 37.3 Å². The normalized spacial score (nSPS) is 15.5. The predicted molar refractivity (Wildman–Crippen MR) is 94.3 cm³/mol. The number of nitrogens with zero attached hydrogens (tertiary/aromatic N) is 2. The first-order valence-electron chi connectivity index (χ1n) is 8.09. The summed E-state index contributed by atoms with van der Waals surface area (Å²) in [7, 11) is 0. The van der Waals surface area contributed by atoms with E-state index in [1.807, 2.05) is 18.2 Å². The summed E-state index contributed by atoms with van der Waals surface area (Å²) in [6, 6.07) is 14.5. The van der Waals surface area contributed by atoms with E-state index in [4.69, 9.17) is 5.26 Å². The van der Waals surface area contributed by atoms with Crippen LogP contribution >= 0.6 is 0 Å². The third kappa shape index (κ3) is 3.43. The zero-order chi connectivity index (χ0) is 16.2. The Bertz CT molecular complexity index is 808. The fraction of sp³-hybridized carbons (Fsp3) is 0.300. The topological polar surface area (TPSA) is 44.1 Å². The molecule has 3 heteroatoms. The number of carbonyl (C=O) groups is 1. The van der Waals surface area contributed by atoms with Crippen molar-refractivity contribution >= 4 is 28.3 Å². The third-order valence-corrected chi connectivity index (χ3v) is 4.38. The first-order chi connectivity index (χ1) is 11.2. The molecule has 0 spiro atoms. The first-order valence-corrected chi connectivity index (χ1v) is 8.09. The molecule has 2 aromatic carbocycles. The van der Waals surface area contributed by atoms with Crippen molar-refractivity contribution in [3.63, 3.8) is 0 Å². The molecule has 1 aliphatic rings. The SMILES string of the molecule is CC(=O)/C(C#N)=C/c1ccc2cc(N3CCCCC3)ccc2c1. The summed E-state index contributed by atoms with van der Waals surface area (Å²) in [6.07, 6.45) is 5.52. The summed E-state index contributed by atoms with van der Waals surface area (Å²) in [5.74, 6) is -0.201. The number of hydrogen-bond acceptors (Lipinski definition) is 3. The van der Waals surface area contributed by atoms with Crippen molar-refractivity contribution in [3.05, 3.63) is 47.5 Å². The lowest BCUT2D eigenvalue weighted by atomic mass is 10.0. The monoisotopic (exact) mass is 304 g/mol. The van der Waals surface area contributed by atoms with Gasteiger partial charge in [-0.1, -0.05) is 18.2 Å². The van der Waals surface area contributed by atoms with Gasteiger partial charge in [0.2, 0.25) is 0 Å². The van der Waals surface area contributed by atoms with E-state index in [0.29, 0.717) is 0 Å². The van der Waals surface area contributed by atoms with Gasteiger partial charge in [0.25, 0.3) is 0 Å². The standard InChI is InChI=1S/C20H20N2O/c1-15(23)19(14-21)12-16-5-6-18-13-20(8-7-17(18)11-16)22-9-3-2-4-10-22/h5-8,11-13H,2-4,9-10H2,1H3/b19-12+. The Balaban J connectivity index is 1.93. The Morgan fingerprint density at radius 3 is 2.48 bits per heavy atom. The summed E-state index contributed by atoms with van der Waals surface area (Å²) in [6.45, 7) is 3.69. The molecular weight excluding hydrogens is 284 g/mol. The minimum Gasteiger partial charge on any atom is -0.372 e. The lowest BCUT2D eigenvalue weighted by Gasteiger charge is -2.29. The van der Waals surface area contributed by atoms with Crippen LogP contribution in [0.5, 0.6) is 0 Å². The average Bonchev–Trinajstić information content (AvgIpc) is 2.59. The summed E-state index contributed by atoms with van der Waals surface area (Å²) >= 11 is 0. The largest absolute Gasteiger partial charge is 0.372 e. The van der Waals surface area contributed by atoms with E-state index < -0.39 is 0 Å². The van der Waals surface area contributed by atoms with E-state index in [-0.39, 0.29) is 11.4 Å². The molecule has 0 atom stereocenters. The fourth-order valence-corrected chi connectivity index (χ4v) is 3.07. The number of hydrogen-bond donors (Lipinski definition) is 0. The third-order valence-electron chi connectivity index (χ3n) is 4.38. The van der Waals surface area contributed by atoms with Gasteiger partial charge >= 0.3 is 0 Å². The molecule has 0 saturated carbocycles. The molecule has 0 aromatic heterocycles. The van der Waals surface area contributed by atoms with Gasteiger partial charge in [-0.15, -0.1) is 0 Å². The van der Waals surface area contributed by atoms with Crippen LogP contribution in [-0.2, 0) is 4.79 Å². The van der Waals surface area contributed by atoms with Crippen molar-refractivity contribution in [2.24, 2.45) is 0 Å². The van der Waals surface area contributed by atoms with Crippen molar-refractivity contribution in [2.75, 3.05) is 18.0 Å². The molecule has 23 heavy (non-hydrogen) atoms. The molecule has 116 valence electrons. The molecule has 0 radical (unpaired) electrons. The average molecular weight is 304 g/mol. The van der Waals surface area contributed by atoms with E-state index in [9.17, 15) is 4.79 Å². The van der Waals surface area contributed by atoms with Crippen LogP contribution in [0.2, 0.25) is 0 Å². The Kier molecular flexibility index (Phi) is 4.43. The number of anilines is 1. The van der Waals surface area contributed by atoms with Crippen LogP contribution in [-0.4, -0.2) is 18.9 Å². The number of fused-ring (bicyclic) bond motifs is 1. The van der Waals surface area contributed by atoms with Crippen molar-refractivity contribution < 1.29 is 4.79 Å². The molecule has 1 saturated heterocycles.